The lowest BCUT2D eigenvalue weighted by Gasteiger charge is -2.23. The van der Waals surface area contributed by atoms with Crippen molar-refractivity contribution in [3.8, 4) is 0 Å². The van der Waals surface area contributed by atoms with Gasteiger partial charge < -0.3 is 9.73 Å². The zero-order valence-corrected chi connectivity index (χ0v) is 13.6. The van der Waals surface area contributed by atoms with Crippen LogP contribution in [0.15, 0.2) is 52.2 Å². The Morgan fingerprint density at radius 3 is 2.75 bits per heavy atom. The Labute approximate surface area is 144 Å². The summed E-state index contributed by atoms with van der Waals surface area (Å²) in [5, 5.41) is 8.87. The Morgan fingerprint density at radius 1 is 1.25 bits per heavy atom. The fourth-order valence-electron chi connectivity index (χ4n) is 2.36. The number of nitrogens with one attached hydrogen (secondary N) is 1. The number of nitrogens with zero attached hydrogens (tertiary/aromatic N) is 2. The summed E-state index contributed by atoms with van der Waals surface area (Å²) >= 11 is 5.88. The smallest absolute Gasteiger partial charge is 0.243 e. The van der Waals surface area contributed by atoms with Crippen molar-refractivity contribution in [1.82, 2.24) is 10.3 Å². The van der Waals surface area contributed by atoms with E-state index in [4.69, 9.17) is 16.0 Å². The van der Waals surface area contributed by atoms with Gasteiger partial charge in [0, 0.05) is 17.9 Å². The number of amides is 2. The normalized spacial score (nSPS) is 14.5. The molecular formula is C17H16ClN3O3. The molecule has 7 heteroatoms. The predicted molar refractivity (Wildman–Crippen MR) is 89.5 cm³/mol. The van der Waals surface area contributed by atoms with Crippen LogP contribution in [0.1, 0.15) is 24.2 Å². The molecule has 0 saturated heterocycles. The van der Waals surface area contributed by atoms with E-state index in [0.717, 1.165) is 11.3 Å². The molecule has 0 bridgehead atoms. The summed E-state index contributed by atoms with van der Waals surface area (Å²) in [5.74, 6) is 0.195. The molecule has 0 radical (unpaired) electrons. The summed E-state index contributed by atoms with van der Waals surface area (Å²) in [5.41, 5.74) is 1.66. The van der Waals surface area contributed by atoms with Crippen molar-refractivity contribution >= 4 is 29.1 Å². The van der Waals surface area contributed by atoms with Crippen molar-refractivity contribution in [2.45, 2.75) is 19.4 Å². The van der Waals surface area contributed by atoms with Crippen molar-refractivity contribution in [3.05, 3.63) is 59.0 Å². The zero-order valence-electron chi connectivity index (χ0n) is 12.9. The summed E-state index contributed by atoms with van der Waals surface area (Å²) in [7, 11) is 0. The molecule has 1 aliphatic rings. The summed E-state index contributed by atoms with van der Waals surface area (Å²) in [6, 6.07) is 10.8. The third-order valence-electron chi connectivity index (χ3n) is 3.62. The molecule has 0 unspecified atom stereocenters. The molecule has 0 aliphatic carbocycles. The first-order valence-corrected chi connectivity index (χ1v) is 7.92. The van der Waals surface area contributed by atoms with Gasteiger partial charge >= 0.3 is 0 Å². The minimum atomic E-state index is -0.291. The Balaban J connectivity index is 1.64. The van der Waals surface area contributed by atoms with E-state index in [-0.39, 0.29) is 24.9 Å². The molecule has 124 valence electrons. The third-order valence-corrected chi connectivity index (χ3v) is 3.87. The number of carbonyl (C=O) groups is 2. The van der Waals surface area contributed by atoms with Gasteiger partial charge in [-0.2, -0.15) is 5.10 Å². The number of furan rings is 1. The van der Waals surface area contributed by atoms with Crippen LogP contribution in [0.5, 0.6) is 0 Å². The van der Waals surface area contributed by atoms with Gasteiger partial charge in [-0.1, -0.05) is 23.7 Å². The van der Waals surface area contributed by atoms with Crippen LogP contribution in [0.2, 0.25) is 5.02 Å². The molecule has 6 nitrogen and oxygen atoms in total. The van der Waals surface area contributed by atoms with E-state index in [1.165, 1.54) is 5.01 Å². The predicted octanol–water partition coefficient (Wildman–Crippen LogP) is 2.58. The maximum Gasteiger partial charge on any atom is 0.243 e. The van der Waals surface area contributed by atoms with Gasteiger partial charge in [-0.3, -0.25) is 9.59 Å². The second-order valence-corrected chi connectivity index (χ2v) is 5.80. The van der Waals surface area contributed by atoms with Crippen molar-refractivity contribution < 1.29 is 14.0 Å². The number of halogens is 1. The lowest BCUT2D eigenvalue weighted by Crippen LogP contribution is -2.40. The first-order chi connectivity index (χ1) is 11.6. The average molecular weight is 346 g/mol. The molecule has 1 N–H and O–H groups in total. The topological polar surface area (TPSA) is 74.9 Å². The minimum Gasteiger partial charge on any atom is -0.467 e. The van der Waals surface area contributed by atoms with Gasteiger partial charge in [0.25, 0.3) is 0 Å². The van der Waals surface area contributed by atoms with Crippen LogP contribution >= 0.6 is 11.6 Å². The molecule has 3 rings (SSSR count). The highest BCUT2D eigenvalue weighted by molar-refractivity contribution is 6.30. The van der Waals surface area contributed by atoms with E-state index < -0.39 is 0 Å². The fourth-order valence-corrected chi connectivity index (χ4v) is 2.49. The Hall–Kier alpha value is -2.60. The van der Waals surface area contributed by atoms with Crippen LogP contribution in [0.25, 0.3) is 0 Å². The monoisotopic (exact) mass is 345 g/mol. The van der Waals surface area contributed by atoms with E-state index >= 15 is 0 Å². The minimum absolute atomic E-state index is 0.114. The van der Waals surface area contributed by atoms with Gasteiger partial charge in [-0.05, 0) is 29.8 Å². The molecule has 0 atom stereocenters. The average Bonchev–Trinajstić information content (AvgIpc) is 3.09. The van der Waals surface area contributed by atoms with Gasteiger partial charge in [0.1, 0.15) is 12.3 Å². The second kappa shape index (κ2) is 7.31. The quantitative estimate of drug-likeness (QED) is 0.905. The van der Waals surface area contributed by atoms with Gasteiger partial charge in [0.05, 0.1) is 18.5 Å². The van der Waals surface area contributed by atoms with Gasteiger partial charge in [0.15, 0.2) is 0 Å². The Bertz CT molecular complexity index is 754. The lowest BCUT2D eigenvalue weighted by atomic mass is 10.0. The first-order valence-electron chi connectivity index (χ1n) is 7.54. The standard InChI is InChI=1S/C17H16ClN3O3/c18-13-5-3-12(4-6-13)15-7-8-17(23)21(20-15)11-16(22)19-10-14-2-1-9-24-14/h1-6,9H,7-8,10-11H2,(H,19,22). The maximum atomic E-state index is 12.0. The molecule has 2 amide bonds. The van der Waals surface area contributed by atoms with Crippen molar-refractivity contribution in [1.29, 1.82) is 0 Å². The van der Waals surface area contributed by atoms with Crippen LogP contribution in [-0.4, -0.2) is 29.1 Å². The van der Waals surface area contributed by atoms with Crippen LogP contribution in [0.4, 0.5) is 0 Å². The number of benzene rings is 1. The number of hydrogen-bond donors (Lipinski definition) is 1. The van der Waals surface area contributed by atoms with Crippen molar-refractivity contribution in [2.75, 3.05) is 6.54 Å². The van der Waals surface area contributed by atoms with E-state index in [1.807, 2.05) is 12.1 Å². The van der Waals surface area contributed by atoms with E-state index in [9.17, 15) is 9.59 Å². The number of carbonyl (C=O) groups excluding carboxylic acids is 2. The van der Waals surface area contributed by atoms with E-state index in [0.29, 0.717) is 23.6 Å². The summed E-state index contributed by atoms with van der Waals surface area (Å²) in [4.78, 5) is 24.0. The molecular weight excluding hydrogens is 330 g/mol. The summed E-state index contributed by atoms with van der Waals surface area (Å²) in [6.45, 7) is 0.165. The largest absolute Gasteiger partial charge is 0.467 e. The molecule has 24 heavy (non-hydrogen) atoms. The molecule has 2 heterocycles. The van der Waals surface area contributed by atoms with Crippen LogP contribution in [-0.2, 0) is 16.1 Å². The maximum absolute atomic E-state index is 12.0. The Morgan fingerprint density at radius 2 is 2.04 bits per heavy atom. The summed E-state index contributed by atoms with van der Waals surface area (Å²) < 4.78 is 5.15. The lowest BCUT2D eigenvalue weighted by molar-refractivity contribution is -0.136. The number of hydrogen-bond acceptors (Lipinski definition) is 4. The van der Waals surface area contributed by atoms with Crippen molar-refractivity contribution in [2.24, 2.45) is 5.10 Å². The van der Waals surface area contributed by atoms with Crippen LogP contribution in [0.3, 0.4) is 0 Å². The van der Waals surface area contributed by atoms with E-state index in [2.05, 4.69) is 10.4 Å². The fraction of sp³-hybridized carbons (Fsp3) is 0.235. The third kappa shape index (κ3) is 4.02. The van der Waals surface area contributed by atoms with Crippen molar-refractivity contribution in [3.63, 3.8) is 0 Å². The highest BCUT2D eigenvalue weighted by Crippen LogP contribution is 2.17. The van der Waals surface area contributed by atoms with Gasteiger partial charge in [0.2, 0.25) is 11.8 Å². The van der Waals surface area contributed by atoms with E-state index in [1.54, 1.807) is 30.5 Å². The first kappa shape index (κ1) is 16.3. The molecule has 0 spiro atoms. The van der Waals surface area contributed by atoms with Crippen LogP contribution in [0, 0.1) is 0 Å². The highest BCUT2D eigenvalue weighted by atomic mass is 35.5. The molecule has 2 aromatic rings. The molecule has 0 saturated carbocycles. The molecule has 1 aromatic heterocycles. The second-order valence-electron chi connectivity index (χ2n) is 5.36. The molecule has 1 aliphatic heterocycles. The zero-order chi connectivity index (χ0) is 16.9. The number of hydrazone groups is 1. The van der Waals surface area contributed by atoms with Gasteiger partial charge in [-0.15, -0.1) is 0 Å². The molecule has 1 aromatic carbocycles. The van der Waals surface area contributed by atoms with Gasteiger partial charge in [-0.25, -0.2) is 5.01 Å². The molecule has 0 fully saturated rings. The number of rotatable bonds is 5. The van der Waals surface area contributed by atoms with Crippen LogP contribution < -0.4 is 5.32 Å². The summed E-state index contributed by atoms with van der Waals surface area (Å²) in [6.07, 6.45) is 2.41. The SMILES string of the molecule is O=C(CN1N=C(c2ccc(Cl)cc2)CCC1=O)NCc1ccco1. The highest BCUT2D eigenvalue weighted by Gasteiger charge is 2.23. The Kier molecular flexibility index (Phi) is 4.96.